The van der Waals surface area contributed by atoms with Gasteiger partial charge < -0.3 is 0 Å². The molecule has 0 amide bonds. The summed E-state index contributed by atoms with van der Waals surface area (Å²) in [5.41, 5.74) is 4.75. The normalized spacial score (nSPS) is 10.5. The van der Waals surface area contributed by atoms with Crippen LogP contribution in [0.25, 0.3) is 11.3 Å². The number of nitrogens with zero attached hydrogens (tertiary/aromatic N) is 3. The second-order valence-corrected chi connectivity index (χ2v) is 3.49. The van der Waals surface area contributed by atoms with Gasteiger partial charge in [0.15, 0.2) is 0 Å². The molecule has 3 nitrogen and oxygen atoms in total. The molecule has 2 heterocycles. The van der Waals surface area contributed by atoms with E-state index >= 15 is 0 Å². The van der Waals surface area contributed by atoms with Crippen molar-refractivity contribution >= 4 is 0 Å². The van der Waals surface area contributed by atoms with Crippen LogP contribution in [0, 0.1) is 13.8 Å². The molecule has 0 saturated heterocycles. The molecule has 0 atom stereocenters. The second kappa shape index (κ2) is 3.25. The standard InChI is InChI=1S/C11H13N3/c1-8-6-12-5-4-10(8)11-9(2)7-13-14(11)3/h4-7H,1-3H3. The van der Waals surface area contributed by atoms with Crippen LogP contribution in [0.4, 0.5) is 0 Å². The maximum atomic E-state index is 4.23. The topological polar surface area (TPSA) is 30.7 Å². The lowest BCUT2D eigenvalue weighted by Gasteiger charge is -2.06. The first kappa shape index (κ1) is 8.94. The van der Waals surface area contributed by atoms with Crippen molar-refractivity contribution in [3.8, 4) is 11.3 Å². The molecule has 0 spiro atoms. The van der Waals surface area contributed by atoms with Gasteiger partial charge in [0.2, 0.25) is 0 Å². The molecule has 0 aliphatic rings. The Balaban J connectivity index is 2.66. The Morgan fingerprint density at radius 2 is 1.93 bits per heavy atom. The van der Waals surface area contributed by atoms with Gasteiger partial charge in [-0.15, -0.1) is 0 Å². The van der Waals surface area contributed by atoms with Crippen molar-refractivity contribution in [2.75, 3.05) is 0 Å². The van der Waals surface area contributed by atoms with Crippen molar-refractivity contribution in [1.29, 1.82) is 0 Å². The van der Waals surface area contributed by atoms with E-state index in [9.17, 15) is 0 Å². The molecular formula is C11H13N3. The monoisotopic (exact) mass is 187 g/mol. The van der Waals surface area contributed by atoms with E-state index < -0.39 is 0 Å². The number of rotatable bonds is 1. The van der Waals surface area contributed by atoms with Crippen LogP contribution in [0.3, 0.4) is 0 Å². The summed E-state index contributed by atoms with van der Waals surface area (Å²) in [6, 6.07) is 2.03. The van der Waals surface area contributed by atoms with Crippen LogP contribution in [0.15, 0.2) is 24.7 Å². The van der Waals surface area contributed by atoms with E-state index in [2.05, 4.69) is 23.9 Å². The van der Waals surface area contributed by atoms with Gasteiger partial charge in [-0.05, 0) is 31.0 Å². The Kier molecular flexibility index (Phi) is 2.08. The smallest absolute Gasteiger partial charge is 0.0711 e. The average Bonchev–Trinajstić information content (AvgIpc) is 2.48. The Hall–Kier alpha value is -1.64. The zero-order chi connectivity index (χ0) is 10.1. The molecule has 0 N–H and O–H groups in total. The molecule has 3 heteroatoms. The highest BCUT2D eigenvalue weighted by atomic mass is 15.3. The molecule has 0 aliphatic heterocycles. The van der Waals surface area contributed by atoms with Crippen molar-refractivity contribution in [3.05, 3.63) is 35.8 Å². The lowest BCUT2D eigenvalue weighted by Crippen LogP contribution is -1.96. The van der Waals surface area contributed by atoms with Gasteiger partial charge in [0.05, 0.1) is 11.9 Å². The summed E-state index contributed by atoms with van der Waals surface area (Å²) in [7, 11) is 1.96. The van der Waals surface area contributed by atoms with Crippen molar-refractivity contribution in [1.82, 2.24) is 14.8 Å². The molecule has 0 radical (unpaired) electrons. The summed E-state index contributed by atoms with van der Waals surface area (Å²) in [6.07, 6.45) is 5.58. The summed E-state index contributed by atoms with van der Waals surface area (Å²) < 4.78 is 1.90. The minimum absolute atomic E-state index is 1.17. The van der Waals surface area contributed by atoms with E-state index in [0.717, 1.165) is 0 Å². The Bertz CT molecular complexity index is 438. The minimum Gasteiger partial charge on any atom is -0.268 e. The number of hydrogen-bond acceptors (Lipinski definition) is 2. The van der Waals surface area contributed by atoms with Crippen molar-refractivity contribution < 1.29 is 0 Å². The molecule has 2 aromatic heterocycles. The van der Waals surface area contributed by atoms with Gasteiger partial charge in [-0.3, -0.25) is 9.67 Å². The average molecular weight is 187 g/mol. The summed E-state index contributed by atoms with van der Waals surface area (Å²) in [5, 5.41) is 4.23. The Morgan fingerprint density at radius 1 is 1.14 bits per heavy atom. The van der Waals surface area contributed by atoms with Gasteiger partial charge in [0.25, 0.3) is 0 Å². The highest BCUT2D eigenvalue weighted by molar-refractivity contribution is 5.65. The number of pyridine rings is 1. The van der Waals surface area contributed by atoms with E-state index in [1.54, 1.807) is 0 Å². The van der Waals surface area contributed by atoms with Crippen LogP contribution < -0.4 is 0 Å². The van der Waals surface area contributed by atoms with Gasteiger partial charge in [-0.1, -0.05) is 0 Å². The number of aromatic nitrogens is 3. The summed E-state index contributed by atoms with van der Waals surface area (Å²) >= 11 is 0. The van der Waals surface area contributed by atoms with Crippen molar-refractivity contribution in [2.24, 2.45) is 7.05 Å². The minimum atomic E-state index is 1.17. The second-order valence-electron chi connectivity index (χ2n) is 3.49. The van der Waals surface area contributed by atoms with E-state index in [0.29, 0.717) is 0 Å². The van der Waals surface area contributed by atoms with E-state index in [1.165, 1.54) is 22.4 Å². The maximum Gasteiger partial charge on any atom is 0.0711 e. The summed E-state index contributed by atoms with van der Waals surface area (Å²) in [5.74, 6) is 0. The van der Waals surface area contributed by atoms with Crippen LogP contribution in [0.5, 0.6) is 0 Å². The molecule has 2 rings (SSSR count). The van der Waals surface area contributed by atoms with E-state index in [1.807, 2.05) is 36.4 Å². The fraction of sp³-hybridized carbons (Fsp3) is 0.273. The van der Waals surface area contributed by atoms with Gasteiger partial charge in [0, 0.05) is 25.0 Å². The van der Waals surface area contributed by atoms with Crippen molar-refractivity contribution in [2.45, 2.75) is 13.8 Å². The number of hydrogen-bond donors (Lipinski definition) is 0. The largest absolute Gasteiger partial charge is 0.268 e. The molecule has 0 unspecified atom stereocenters. The first-order chi connectivity index (χ1) is 6.70. The van der Waals surface area contributed by atoms with E-state index in [-0.39, 0.29) is 0 Å². The molecule has 0 fully saturated rings. The summed E-state index contributed by atoms with van der Waals surface area (Å²) in [6.45, 7) is 4.14. The third-order valence-electron chi connectivity index (χ3n) is 2.40. The fourth-order valence-electron chi connectivity index (χ4n) is 1.67. The third-order valence-corrected chi connectivity index (χ3v) is 2.40. The van der Waals surface area contributed by atoms with Crippen LogP contribution in [-0.4, -0.2) is 14.8 Å². The lowest BCUT2D eigenvalue weighted by atomic mass is 10.1. The van der Waals surface area contributed by atoms with Gasteiger partial charge in [-0.2, -0.15) is 5.10 Å². The summed E-state index contributed by atoms with van der Waals surface area (Å²) in [4.78, 5) is 4.08. The van der Waals surface area contributed by atoms with Gasteiger partial charge in [0.1, 0.15) is 0 Å². The number of aryl methyl sites for hydroxylation is 3. The highest BCUT2D eigenvalue weighted by Gasteiger charge is 2.08. The van der Waals surface area contributed by atoms with Crippen LogP contribution >= 0.6 is 0 Å². The molecular weight excluding hydrogens is 174 g/mol. The molecule has 72 valence electrons. The predicted molar refractivity (Wildman–Crippen MR) is 55.9 cm³/mol. The van der Waals surface area contributed by atoms with Crippen LogP contribution in [0.2, 0.25) is 0 Å². The van der Waals surface area contributed by atoms with Crippen molar-refractivity contribution in [3.63, 3.8) is 0 Å². The molecule has 0 aromatic carbocycles. The first-order valence-corrected chi connectivity index (χ1v) is 4.59. The SMILES string of the molecule is Cc1cnccc1-c1c(C)cnn1C. The molecule has 14 heavy (non-hydrogen) atoms. The van der Waals surface area contributed by atoms with Gasteiger partial charge in [-0.25, -0.2) is 0 Å². The quantitative estimate of drug-likeness (QED) is 0.684. The fourth-order valence-corrected chi connectivity index (χ4v) is 1.67. The molecule has 0 aliphatic carbocycles. The lowest BCUT2D eigenvalue weighted by molar-refractivity contribution is 0.775. The van der Waals surface area contributed by atoms with Gasteiger partial charge >= 0.3 is 0 Å². The first-order valence-electron chi connectivity index (χ1n) is 4.59. The third kappa shape index (κ3) is 1.31. The zero-order valence-corrected chi connectivity index (χ0v) is 8.65. The zero-order valence-electron chi connectivity index (χ0n) is 8.65. The molecule has 0 bridgehead atoms. The highest BCUT2D eigenvalue weighted by Crippen LogP contribution is 2.24. The molecule has 2 aromatic rings. The molecule has 0 saturated carbocycles. The Morgan fingerprint density at radius 3 is 2.50 bits per heavy atom. The van der Waals surface area contributed by atoms with Crippen LogP contribution in [-0.2, 0) is 7.05 Å². The predicted octanol–water partition coefficient (Wildman–Crippen LogP) is 2.10. The Labute approximate surface area is 83.4 Å². The maximum absolute atomic E-state index is 4.23. The van der Waals surface area contributed by atoms with Crippen LogP contribution in [0.1, 0.15) is 11.1 Å². The van der Waals surface area contributed by atoms with E-state index in [4.69, 9.17) is 0 Å².